The highest BCUT2D eigenvalue weighted by atomic mass is 32.2. The van der Waals surface area contributed by atoms with E-state index < -0.39 is 15.6 Å². The molecule has 4 nitrogen and oxygen atoms in total. The lowest BCUT2D eigenvalue weighted by atomic mass is 10.0. The van der Waals surface area contributed by atoms with Crippen LogP contribution < -0.4 is 10.5 Å². The molecule has 0 unspecified atom stereocenters. The molecule has 3 N–H and O–H groups in total. The van der Waals surface area contributed by atoms with E-state index in [0.717, 1.165) is 32.1 Å². The van der Waals surface area contributed by atoms with Crippen LogP contribution in [-0.2, 0) is 10.0 Å². The molecule has 1 aliphatic rings. The van der Waals surface area contributed by atoms with E-state index in [1.165, 1.54) is 0 Å². The van der Waals surface area contributed by atoms with E-state index in [0.29, 0.717) is 6.54 Å². The Morgan fingerprint density at radius 2 is 1.80 bits per heavy atom. The van der Waals surface area contributed by atoms with Gasteiger partial charge in [0, 0.05) is 12.1 Å². The molecule has 0 atom stereocenters. The van der Waals surface area contributed by atoms with Crippen LogP contribution >= 0.6 is 0 Å². The second-order valence-corrected chi connectivity index (χ2v) is 6.96. The molecule has 0 saturated heterocycles. The van der Waals surface area contributed by atoms with E-state index in [9.17, 15) is 8.42 Å². The first kappa shape index (κ1) is 12.9. The number of nitrogens with one attached hydrogen (secondary N) is 1. The molecule has 1 fully saturated rings. The van der Waals surface area contributed by atoms with Crippen LogP contribution in [-0.4, -0.2) is 25.8 Å². The summed E-state index contributed by atoms with van der Waals surface area (Å²) in [6.45, 7) is 3.94. The molecular formula is C10H22N2O2S. The molecular weight excluding hydrogens is 212 g/mol. The molecule has 1 saturated carbocycles. The topological polar surface area (TPSA) is 72.2 Å². The van der Waals surface area contributed by atoms with Crippen LogP contribution in [0.5, 0.6) is 0 Å². The predicted octanol–water partition coefficient (Wildman–Crippen LogP) is 0.976. The van der Waals surface area contributed by atoms with Gasteiger partial charge in [-0.1, -0.05) is 19.3 Å². The zero-order chi connectivity index (χ0) is 11.5. The first-order valence-corrected chi connectivity index (χ1v) is 7.15. The van der Waals surface area contributed by atoms with Gasteiger partial charge in [-0.2, -0.15) is 0 Å². The Hall–Kier alpha value is -0.130. The number of hydrogen-bond donors (Lipinski definition) is 2. The smallest absolute Gasteiger partial charge is 0.215 e. The molecule has 0 aromatic heterocycles. The highest BCUT2D eigenvalue weighted by Gasteiger charge is 2.31. The fourth-order valence-electron chi connectivity index (χ4n) is 1.89. The van der Waals surface area contributed by atoms with E-state index in [1.54, 1.807) is 0 Å². The molecule has 0 spiro atoms. The number of sulfonamides is 1. The zero-order valence-corrected chi connectivity index (χ0v) is 10.4. The van der Waals surface area contributed by atoms with Crippen LogP contribution in [0.15, 0.2) is 0 Å². The number of rotatable bonds is 4. The van der Waals surface area contributed by atoms with Crippen LogP contribution in [0.2, 0.25) is 0 Å². The Labute approximate surface area is 92.7 Å². The first-order chi connectivity index (χ1) is 6.87. The van der Waals surface area contributed by atoms with Crippen molar-refractivity contribution in [1.29, 1.82) is 0 Å². The second kappa shape index (κ2) is 4.80. The van der Waals surface area contributed by atoms with Gasteiger partial charge in [-0.25, -0.2) is 13.1 Å². The molecule has 0 amide bonds. The van der Waals surface area contributed by atoms with E-state index in [-0.39, 0.29) is 5.25 Å². The monoisotopic (exact) mass is 234 g/mol. The minimum Gasteiger partial charge on any atom is -0.329 e. The Kier molecular flexibility index (Phi) is 4.14. The van der Waals surface area contributed by atoms with E-state index in [4.69, 9.17) is 5.73 Å². The summed E-state index contributed by atoms with van der Waals surface area (Å²) in [7, 11) is -3.18. The van der Waals surface area contributed by atoms with Gasteiger partial charge >= 0.3 is 0 Å². The van der Waals surface area contributed by atoms with Crippen LogP contribution in [0.4, 0.5) is 0 Å². The maximum absolute atomic E-state index is 12.0. The Morgan fingerprint density at radius 1 is 1.27 bits per heavy atom. The van der Waals surface area contributed by atoms with Gasteiger partial charge in [-0.3, -0.25) is 0 Å². The van der Waals surface area contributed by atoms with Crippen LogP contribution in [0.1, 0.15) is 46.0 Å². The molecule has 0 aromatic rings. The highest BCUT2D eigenvalue weighted by Crippen LogP contribution is 2.24. The summed E-state index contributed by atoms with van der Waals surface area (Å²) in [5.74, 6) is 0. The molecule has 0 heterocycles. The largest absolute Gasteiger partial charge is 0.329 e. The Bertz CT molecular complexity index is 293. The van der Waals surface area contributed by atoms with Crippen LogP contribution in [0.25, 0.3) is 0 Å². The van der Waals surface area contributed by atoms with Gasteiger partial charge in [-0.05, 0) is 26.7 Å². The molecule has 0 bridgehead atoms. The quantitative estimate of drug-likeness (QED) is 0.761. The Balaban J connectivity index is 2.65. The third kappa shape index (κ3) is 3.74. The third-order valence-electron chi connectivity index (χ3n) is 2.92. The van der Waals surface area contributed by atoms with E-state index in [1.807, 2.05) is 13.8 Å². The van der Waals surface area contributed by atoms with Gasteiger partial charge in [-0.15, -0.1) is 0 Å². The first-order valence-electron chi connectivity index (χ1n) is 5.60. The standard InChI is InChI=1S/C10H22N2O2S/c1-10(2,8-11)12-15(13,14)9-6-4-3-5-7-9/h9,12H,3-8,11H2,1-2H3. The maximum Gasteiger partial charge on any atom is 0.215 e. The molecule has 5 heteroatoms. The van der Waals surface area contributed by atoms with Crippen molar-refractivity contribution in [1.82, 2.24) is 4.72 Å². The summed E-state index contributed by atoms with van der Waals surface area (Å²) in [6.07, 6.45) is 4.78. The predicted molar refractivity (Wildman–Crippen MR) is 62.1 cm³/mol. The maximum atomic E-state index is 12.0. The average molecular weight is 234 g/mol. The lowest BCUT2D eigenvalue weighted by Gasteiger charge is -2.29. The molecule has 0 aromatic carbocycles. The fraction of sp³-hybridized carbons (Fsp3) is 1.00. The minimum absolute atomic E-state index is 0.211. The normalized spacial score (nSPS) is 20.5. The molecule has 1 rings (SSSR count). The van der Waals surface area contributed by atoms with Crippen molar-refractivity contribution >= 4 is 10.0 Å². The molecule has 15 heavy (non-hydrogen) atoms. The van der Waals surface area contributed by atoms with Crippen LogP contribution in [0, 0.1) is 0 Å². The summed E-state index contributed by atoms with van der Waals surface area (Å²) in [4.78, 5) is 0. The molecule has 0 radical (unpaired) electrons. The van der Waals surface area contributed by atoms with Crippen LogP contribution in [0.3, 0.4) is 0 Å². The van der Waals surface area contributed by atoms with Gasteiger partial charge in [0.15, 0.2) is 0 Å². The minimum atomic E-state index is -3.18. The molecule has 1 aliphatic carbocycles. The van der Waals surface area contributed by atoms with Crippen molar-refractivity contribution < 1.29 is 8.42 Å². The van der Waals surface area contributed by atoms with Gasteiger partial charge in [0.25, 0.3) is 0 Å². The highest BCUT2D eigenvalue weighted by molar-refractivity contribution is 7.90. The van der Waals surface area contributed by atoms with Crippen molar-refractivity contribution in [2.24, 2.45) is 5.73 Å². The fourth-order valence-corrected chi connectivity index (χ4v) is 3.86. The second-order valence-electron chi connectivity index (χ2n) is 5.00. The summed E-state index contributed by atoms with van der Waals surface area (Å²) in [5.41, 5.74) is 4.98. The molecule has 90 valence electrons. The van der Waals surface area contributed by atoms with Gasteiger partial charge < -0.3 is 5.73 Å². The van der Waals surface area contributed by atoms with Crippen molar-refractivity contribution in [2.45, 2.75) is 56.7 Å². The summed E-state index contributed by atoms with van der Waals surface area (Å²) in [6, 6.07) is 0. The zero-order valence-electron chi connectivity index (χ0n) is 9.62. The third-order valence-corrected chi connectivity index (χ3v) is 5.11. The van der Waals surface area contributed by atoms with Gasteiger partial charge in [0.05, 0.1) is 5.25 Å². The Morgan fingerprint density at radius 3 is 2.27 bits per heavy atom. The SMILES string of the molecule is CC(C)(CN)NS(=O)(=O)C1CCCCC1. The average Bonchev–Trinajstić information content (AvgIpc) is 2.18. The number of nitrogens with two attached hydrogens (primary N) is 1. The van der Waals surface area contributed by atoms with Crippen molar-refractivity contribution in [3.8, 4) is 0 Å². The lowest BCUT2D eigenvalue weighted by molar-refractivity contribution is 0.435. The van der Waals surface area contributed by atoms with Gasteiger partial charge in [0.1, 0.15) is 0 Å². The van der Waals surface area contributed by atoms with E-state index >= 15 is 0 Å². The lowest BCUT2D eigenvalue weighted by Crippen LogP contribution is -2.51. The summed E-state index contributed by atoms with van der Waals surface area (Å²) < 4.78 is 26.7. The van der Waals surface area contributed by atoms with Gasteiger partial charge in [0.2, 0.25) is 10.0 Å². The summed E-state index contributed by atoms with van der Waals surface area (Å²) >= 11 is 0. The van der Waals surface area contributed by atoms with Crippen molar-refractivity contribution in [3.63, 3.8) is 0 Å². The summed E-state index contributed by atoms with van der Waals surface area (Å²) in [5, 5.41) is -0.211. The van der Waals surface area contributed by atoms with Crippen molar-refractivity contribution in [3.05, 3.63) is 0 Å². The number of hydrogen-bond acceptors (Lipinski definition) is 3. The molecule has 0 aliphatic heterocycles. The van der Waals surface area contributed by atoms with E-state index in [2.05, 4.69) is 4.72 Å². The van der Waals surface area contributed by atoms with Crippen molar-refractivity contribution in [2.75, 3.05) is 6.54 Å².